The molecule has 0 radical (unpaired) electrons. The molecule has 2 aromatic carbocycles. The maximum absolute atomic E-state index is 5.85. The number of halogens is 2. The average molecular weight is 436 g/mol. The molecule has 2 aromatic rings. The molecule has 3 rings (SSSR count). The average Bonchev–Trinajstić information content (AvgIpc) is 2.58. The van der Waals surface area contributed by atoms with Gasteiger partial charge in [0.05, 0.1) is 18.3 Å². The van der Waals surface area contributed by atoms with Gasteiger partial charge in [0.2, 0.25) is 0 Å². The fourth-order valence-electron chi connectivity index (χ4n) is 2.45. The smallest absolute Gasteiger partial charge is 0.297 e. The maximum atomic E-state index is 5.85. The Kier molecular flexibility index (Phi) is 5.18. The Bertz CT molecular complexity index is 711. The van der Waals surface area contributed by atoms with Gasteiger partial charge in [-0.2, -0.15) is 4.99 Å². The zero-order valence-electron chi connectivity index (χ0n) is 12.5. The molecule has 1 aliphatic heterocycles. The maximum Gasteiger partial charge on any atom is 0.297 e. The Morgan fingerprint density at radius 2 is 1.65 bits per heavy atom. The van der Waals surface area contributed by atoms with Crippen LogP contribution >= 0.6 is 31.9 Å². The van der Waals surface area contributed by atoms with E-state index in [0.29, 0.717) is 12.6 Å². The summed E-state index contributed by atoms with van der Waals surface area (Å²) in [6, 6.07) is 16.7. The van der Waals surface area contributed by atoms with E-state index in [1.54, 1.807) is 0 Å². The highest BCUT2D eigenvalue weighted by molar-refractivity contribution is 9.10. The first kappa shape index (κ1) is 16.3. The predicted molar refractivity (Wildman–Crippen MR) is 102 cm³/mol. The molecule has 0 saturated carbocycles. The van der Waals surface area contributed by atoms with Gasteiger partial charge in [-0.05, 0) is 48.5 Å². The third kappa shape index (κ3) is 3.85. The van der Waals surface area contributed by atoms with Crippen LogP contribution in [0.1, 0.15) is 6.42 Å². The lowest BCUT2D eigenvalue weighted by Crippen LogP contribution is -2.45. The molecule has 23 heavy (non-hydrogen) atoms. The van der Waals surface area contributed by atoms with Crippen LogP contribution in [0.5, 0.6) is 0 Å². The quantitative estimate of drug-likeness (QED) is 0.579. The van der Waals surface area contributed by atoms with Crippen molar-refractivity contribution in [3.05, 3.63) is 70.1 Å². The molecule has 1 unspecified atom stereocenters. The van der Waals surface area contributed by atoms with Crippen LogP contribution in [0.4, 0.5) is 11.4 Å². The molecule has 1 fully saturated rings. The van der Waals surface area contributed by atoms with E-state index in [4.69, 9.17) is 4.74 Å². The summed E-state index contributed by atoms with van der Waals surface area (Å²) in [5, 5.41) is 0. The van der Waals surface area contributed by atoms with Crippen molar-refractivity contribution in [2.75, 3.05) is 11.5 Å². The van der Waals surface area contributed by atoms with Gasteiger partial charge >= 0.3 is 0 Å². The van der Waals surface area contributed by atoms with Gasteiger partial charge in [-0.15, -0.1) is 6.58 Å². The van der Waals surface area contributed by atoms with Gasteiger partial charge in [-0.1, -0.05) is 37.9 Å². The minimum absolute atomic E-state index is 0.166. The summed E-state index contributed by atoms with van der Waals surface area (Å²) in [4.78, 5) is 6.77. The summed E-state index contributed by atoms with van der Waals surface area (Å²) in [6.45, 7) is 4.60. The second-order valence-electron chi connectivity index (χ2n) is 5.16. The first-order chi connectivity index (χ1) is 11.2. The number of ether oxygens (including phenoxy) is 1. The molecule has 0 spiro atoms. The molecule has 0 N–H and O–H groups in total. The van der Waals surface area contributed by atoms with E-state index in [1.807, 2.05) is 54.6 Å². The number of aliphatic imine (C=N–C) groups is 1. The summed E-state index contributed by atoms with van der Waals surface area (Å²) in [7, 11) is 0. The number of anilines is 1. The molecular formula is C18H16Br2N2O. The van der Waals surface area contributed by atoms with Gasteiger partial charge in [-0.25, -0.2) is 0 Å². The van der Waals surface area contributed by atoms with E-state index in [0.717, 1.165) is 26.7 Å². The van der Waals surface area contributed by atoms with E-state index in [2.05, 4.69) is 48.3 Å². The SMILES string of the molecule is C=CC1CCOC(=Nc2ccc(Br)cc2)N1c1ccc(Br)cc1. The number of benzene rings is 2. The van der Waals surface area contributed by atoms with E-state index in [9.17, 15) is 0 Å². The third-order valence-corrected chi connectivity index (χ3v) is 4.67. The van der Waals surface area contributed by atoms with Crippen LogP contribution in [0.3, 0.4) is 0 Å². The first-order valence-corrected chi connectivity index (χ1v) is 8.90. The summed E-state index contributed by atoms with van der Waals surface area (Å²) < 4.78 is 7.92. The molecular weight excluding hydrogens is 420 g/mol. The van der Waals surface area contributed by atoms with Crippen LogP contribution in [-0.2, 0) is 4.74 Å². The van der Waals surface area contributed by atoms with E-state index in [-0.39, 0.29) is 6.04 Å². The van der Waals surface area contributed by atoms with Crippen LogP contribution in [0, 0.1) is 0 Å². The van der Waals surface area contributed by atoms with E-state index < -0.39 is 0 Å². The van der Waals surface area contributed by atoms with Crippen molar-refractivity contribution in [3.63, 3.8) is 0 Å². The van der Waals surface area contributed by atoms with Gasteiger partial charge < -0.3 is 4.74 Å². The van der Waals surface area contributed by atoms with E-state index >= 15 is 0 Å². The first-order valence-electron chi connectivity index (χ1n) is 7.32. The van der Waals surface area contributed by atoms with Crippen molar-refractivity contribution >= 4 is 49.3 Å². The van der Waals surface area contributed by atoms with Crippen LogP contribution in [-0.4, -0.2) is 18.7 Å². The van der Waals surface area contributed by atoms with Crippen molar-refractivity contribution in [2.24, 2.45) is 4.99 Å². The molecule has 0 amide bonds. The zero-order chi connectivity index (χ0) is 16.2. The van der Waals surface area contributed by atoms with Gasteiger partial charge in [0.25, 0.3) is 6.02 Å². The normalized spacial score (nSPS) is 19.5. The van der Waals surface area contributed by atoms with Crippen molar-refractivity contribution in [1.29, 1.82) is 0 Å². The van der Waals surface area contributed by atoms with Crippen molar-refractivity contribution in [2.45, 2.75) is 12.5 Å². The number of amidine groups is 1. The molecule has 118 valence electrons. The molecule has 1 aliphatic rings. The van der Waals surface area contributed by atoms with Crippen molar-refractivity contribution in [1.82, 2.24) is 0 Å². The monoisotopic (exact) mass is 434 g/mol. The highest BCUT2D eigenvalue weighted by atomic mass is 79.9. The summed E-state index contributed by atoms with van der Waals surface area (Å²) in [5.74, 6) is 0. The van der Waals surface area contributed by atoms with Crippen molar-refractivity contribution in [3.8, 4) is 0 Å². The molecule has 5 heteroatoms. The Balaban J connectivity index is 1.99. The van der Waals surface area contributed by atoms with Gasteiger partial charge in [-0.3, -0.25) is 4.90 Å². The van der Waals surface area contributed by atoms with Crippen LogP contribution in [0.25, 0.3) is 0 Å². The number of hydrogen-bond acceptors (Lipinski definition) is 2. The largest absolute Gasteiger partial charge is 0.465 e. The number of nitrogens with zero attached hydrogens (tertiary/aromatic N) is 2. The highest BCUT2D eigenvalue weighted by Crippen LogP contribution is 2.27. The summed E-state index contributed by atoms with van der Waals surface area (Å²) in [5.41, 5.74) is 1.89. The topological polar surface area (TPSA) is 24.8 Å². The predicted octanol–water partition coefficient (Wildman–Crippen LogP) is 5.68. The second-order valence-corrected chi connectivity index (χ2v) is 6.99. The summed E-state index contributed by atoms with van der Waals surface area (Å²) >= 11 is 6.91. The fourth-order valence-corrected chi connectivity index (χ4v) is 2.98. The van der Waals surface area contributed by atoms with E-state index in [1.165, 1.54) is 0 Å². The second kappa shape index (κ2) is 7.32. The zero-order valence-corrected chi connectivity index (χ0v) is 15.6. The molecule has 0 aliphatic carbocycles. The number of rotatable bonds is 3. The molecule has 1 saturated heterocycles. The fraction of sp³-hybridized carbons (Fsp3) is 0.167. The van der Waals surface area contributed by atoms with Gasteiger partial charge in [0.1, 0.15) is 0 Å². The molecule has 0 aromatic heterocycles. The Labute approximate surface area is 152 Å². The Hall–Kier alpha value is -1.59. The third-order valence-electron chi connectivity index (χ3n) is 3.61. The Morgan fingerprint density at radius 1 is 1.04 bits per heavy atom. The summed E-state index contributed by atoms with van der Waals surface area (Å²) in [6.07, 6.45) is 2.83. The van der Waals surface area contributed by atoms with Crippen molar-refractivity contribution < 1.29 is 4.74 Å². The minimum Gasteiger partial charge on any atom is -0.465 e. The lowest BCUT2D eigenvalue weighted by atomic mass is 10.1. The number of hydrogen-bond donors (Lipinski definition) is 0. The molecule has 1 heterocycles. The lowest BCUT2D eigenvalue weighted by molar-refractivity contribution is 0.256. The van der Waals surface area contributed by atoms with Crippen LogP contribution in [0.15, 0.2) is 75.1 Å². The van der Waals surface area contributed by atoms with Crippen LogP contribution in [0.2, 0.25) is 0 Å². The molecule has 0 bridgehead atoms. The van der Waals surface area contributed by atoms with Gasteiger partial charge in [0.15, 0.2) is 0 Å². The molecule has 1 atom stereocenters. The highest BCUT2D eigenvalue weighted by Gasteiger charge is 2.27. The lowest BCUT2D eigenvalue weighted by Gasteiger charge is -2.36. The Morgan fingerprint density at radius 3 is 2.26 bits per heavy atom. The molecule has 3 nitrogen and oxygen atoms in total. The standard InChI is InChI=1S/C18H16Br2N2O/c1-2-16-11-12-23-18(21-15-7-3-13(19)4-8-15)22(16)17-9-5-14(20)6-10-17/h2-10,16H,1,11-12H2. The van der Waals surface area contributed by atoms with Gasteiger partial charge in [0, 0.05) is 21.1 Å². The minimum atomic E-state index is 0.166. The van der Waals surface area contributed by atoms with Crippen LogP contribution < -0.4 is 4.90 Å².